The molecule has 0 amide bonds. The van der Waals surface area contributed by atoms with Crippen LogP contribution in [0.25, 0.3) is 0 Å². The maximum atomic E-state index is 8.83. The van der Waals surface area contributed by atoms with Gasteiger partial charge < -0.3 is 11.5 Å². The van der Waals surface area contributed by atoms with Gasteiger partial charge in [0.15, 0.2) is 5.82 Å². The quantitative estimate of drug-likeness (QED) is 0.843. The SMILES string of the molecule is N#Cc1c(N)nn(Cc2ccc(Cl)cc2)c1N. The summed E-state index contributed by atoms with van der Waals surface area (Å²) in [4.78, 5) is 0. The van der Waals surface area contributed by atoms with E-state index in [9.17, 15) is 0 Å². The van der Waals surface area contributed by atoms with E-state index in [4.69, 9.17) is 28.3 Å². The number of nitrogens with two attached hydrogens (primary N) is 2. The summed E-state index contributed by atoms with van der Waals surface area (Å²) in [6.45, 7) is 0.453. The first kappa shape index (κ1) is 11.3. The molecule has 1 aromatic carbocycles. The number of halogens is 1. The van der Waals surface area contributed by atoms with Crippen molar-refractivity contribution >= 4 is 23.2 Å². The van der Waals surface area contributed by atoms with E-state index in [0.29, 0.717) is 11.6 Å². The van der Waals surface area contributed by atoms with Gasteiger partial charge in [0.1, 0.15) is 17.5 Å². The molecule has 0 saturated carbocycles. The van der Waals surface area contributed by atoms with Crippen LogP contribution in [0.3, 0.4) is 0 Å². The Bertz CT molecular complexity index is 579. The molecule has 0 aliphatic carbocycles. The Morgan fingerprint density at radius 3 is 2.47 bits per heavy atom. The van der Waals surface area contributed by atoms with Crippen LogP contribution in [0.15, 0.2) is 24.3 Å². The number of anilines is 2. The van der Waals surface area contributed by atoms with Gasteiger partial charge in [-0.25, -0.2) is 4.68 Å². The van der Waals surface area contributed by atoms with Crippen molar-refractivity contribution < 1.29 is 0 Å². The van der Waals surface area contributed by atoms with Crippen LogP contribution < -0.4 is 11.5 Å². The highest BCUT2D eigenvalue weighted by molar-refractivity contribution is 6.30. The van der Waals surface area contributed by atoms with Crippen LogP contribution in [0.1, 0.15) is 11.1 Å². The van der Waals surface area contributed by atoms with Gasteiger partial charge in [-0.1, -0.05) is 23.7 Å². The first-order valence-electron chi connectivity index (χ1n) is 4.88. The van der Waals surface area contributed by atoms with Crippen molar-refractivity contribution in [1.29, 1.82) is 5.26 Å². The maximum absolute atomic E-state index is 8.83. The fraction of sp³-hybridized carbons (Fsp3) is 0.0909. The summed E-state index contributed by atoms with van der Waals surface area (Å²) in [5.74, 6) is 0.430. The summed E-state index contributed by atoms with van der Waals surface area (Å²) in [6.07, 6.45) is 0. The molecule has 2 rings (SSSR count). The van der Waals surface area contributed by atoms with E-state index in [2.05, 4.69) is 5.10 Å². The van der Waals surface area contributed by atoms with Crippen LogP contribution in [0.4, 0.5) is 11.6 Å². The molecule has 0 aliphatic heterocycles. The van der Waals surface area contributed by atoms with Crippen molar-refractivity contribution in [2.75, 3.05) is 11.5 Å². The van der Waals surface area contributed by atoms with Crippen molar-refractivity contribution in [2.45, 2.75) is 6.54 Å². The summed E-state index contributed by atoms with van der Waals surface area (Å²) < 4.78 is 1.50. The molecule has 0 fully saturated rings. The summed E-state index contributed by atoms with van der Waals surface area (Å²) in [6, 6.07) is 9.22. The molecular formula is C11H10ClN5. The van der Waals surface area contributed by atoms with Gasteiger partial charge in [-0.05, 0) is 17.7 Å². The molecule has 86 valence electrons. The molecule has 5 nitrogen and oxygen atoms in total. The molecule has 0 bridgehead atoms. The average molecular weight is 248 g/mol. The van der Waals surface area contributed by atoms with Gasteiger partial charge >= 0.3 is 0 Å². The summed E-state index contributed by atoms with van der Waals surface area (Å²) in [5.41, 5.74) is 12.5. The lowest BCUT2D eigenvalue weighted by Crippen LogP contribution is -2.06. The minimum absolute atomic E-state index is 0.152. The predicted octanol–water partition coefficient (Wildman–Crippen LogP) is 1.62. The number of hydrogen-bond acceptors (Lipinski definition) is 4. The van der Waals surface area contributed by atoms with Gasteiger partial charge in [0, 0.05) is 5.02 Å². The number of benzene rings is 1. The zero-order chi connectivity index (χ0) is 12.4. The zero-order valence-electron chi connectivity index (χ0n) is 8.89. The van der Waals surface area contributed by atoms with E-state index in [1.54, 1.807) is 12.1 Å². The molecule has 1 aromatic heterocycles. The summed E-state index contributed by atoms with van der Waals surface area (Å²) >= 11 is 5.79. The highest BCUT2D eigenvalue weighted by Crippen LogP contribution is 2.19. The highest BCUT2D eigenvalue weighted by atomic mass is 35.5. The van der Waals surface area contributed by atoms with Gasteiger partial charge in [-0.15, -0.1) is 0 Å². The second-order valence-electron chi connectivity index (χ2n) is 3.54. The smallest absolute Gasteiger partial charge is 0.165 e. The topological polar surface area (TPSA) is 93.6 Å². The van der Waals surface area contributed by atoms with Crippen LogP contribution in [-0.2, 0) is 6.54 Å². The first-order valence-corrected chi connectivity index (χ1v) is 5.26. The molecular weight excluding hydrogens is 238 g/mol. The molecule has 0 saturated heterocycles. The van der Waals surface area contributed by atoms with Gasteiger partial charge in [0.05, 0.1) is 6.54 Å². The van der Waals surface area contributed by atoms with Gasteiger partial charge in [-0.2, -0.15) is 10.4 Å². The largest absolute Gasteiger partial charge is 0.383 e. The van der Waals surface area contributed by atoms with Crippen LogP contribution in [0.2, 0.25) is 5.02 Å². The Kier molecular flexibility index (Phi) is 2.90. The third-order valence-electron chi connectivity index (χ3n) is 2.38. The first-order chi connectivity index (χ1) is 8.11. The molecule has 4 N–H and O–H groups in total. The molecule has 0 aliphatic rings. The Morgan fingerprint density at radius 1 is 1.29 bits per heavy atom. The third kappa shape index (κ3) is 2.17. The van der Waals surface area contributed by atoms with E-state index < -0.39 is 0 Å². The van der Waals surface area contributed by atoms with Crippen LogP contribution in [0.5, 0.6) is 0 Å². The van der Waals surface area contributed by atoms with E-state index in [-0.39, 0.29) is 17.2 Å². The lowest BCUT2D eigenvalue weighted by atomic mass is 10.2. The predicted molar refractivity (Wildman–Crippen MR) is 66.3 cm³/mol. The Morgan fingerprint density at radius 2 is 1.94 bits per heavy atom. The van der Waals surface area contributed by atoms with Crippen LogP contribution >= 0.6 is 11.6 Å². The second-order valence-corrected chi connectivity index (χ2v) is 3.98. The fourth-order valence-corrected chi connectivity index (χ4v) is 1.62. The number of nitriles is 1. The molecule has 0 radical (unpaired) electrons. The van der Waals surface area contributed by atoms with E-state index in [1.807, 2.05) is 18.2 Å². The van der Waals surface area contributed by atoms with Crippen molar-refractivity contribution in [2.24, 2.45) is 0 Å². The monoisotopic (exact) mass is 247 g/mol. The molecule has 6 heteroatoms. The fourth-order valence-electron chi connectivity index (χ4n) is 1.49. The van der Waals surface area contributed by atoms with E-state index >= 15 is 0 Å². The summed E-state index contributed by atoms with van der Waals surface area (Å²) in [7, 11) is 0. The number of nitrogens with zero attached hydrogens (tertiary/aromatic N) is 3. The lowest BCUT2D eigenvalue weighted by Gasteiger charge is -2.04. The molecule has 17 heavy (non-hydrogen) atoms. The molecule has 0 unspecified atom stereocenters. The van der Waals surface area contributed by atoms with E-state index in [1.165, 1.54) is 4.68 Å². The van der Waals surface area contributed by atoms with Crippen molar-refractivity contribution in [1.82, 2.24) is 9.78 Å². The number of rotatable bonds is 2. The minimum Gasteiger partial charge on any atom is -0.383 e. The Labute approximate surface area is 103 Å². The molecule has 1 heterocycles. The van der Waals surface area contributed by atoms with Crippen molar-refractivity contribution in [3.63, 3.8) is 0 Å². The Hall–Kier alpha value is -2.19. The van der Waals surface area contributed by atoms with Crippen LogP contribution in [0, 0.1) is 11.3 Å². The molecule has 0 spiro atoms. The second kappa shape index (κ2) is 4.36. The van der Waals surface area contributed by atoms with Gasteiger partial charge in [0.2, 0.25) is 0 Å². The minimum atomic E-state index is 0.152. The third-order valence-corrected chi connectivity index (χ3v) is 2.63. The highest BCUT2D eigenvalue weighted by Gasteiger charge is 2.12. The molecule has 0 atom stereocenters. The van der Waals surface area contributed by atoms with E-state index in [0.717, 1.165) is 5.56 Å². The standard InChI is InChI=1S/C11H10ClN5/c12-8-3-1-7(2-4-8)6-17-11(15)9(5-13)10(14)16-17/h1-4H,6,15H2,(H2,14,16). The summed E-state index contributed by atoms with van der Waals surface area (Å²) in [5, 5.41) is 13.5. The molecule has 2 aromatic rings. The van der Waals surface area contributed by atoms with Gasteiger partial charge in [-0.3, -0.25) is 0 Å². The normalized spacial score (nSPS) is 10.1. The number of nitrogen functional groups attached to an aromatic ring is 2. The van der Waals surface area contributed by atoms with Crippen molar-refractivity contribution in [3.8, 4) is 6.07 Å². The zero-order valence-corrected chi connectivity index (χ0v) is 9.65. The number of hydrogen-bond donors (Lipinski definition) is 2. The Balaban J connectivity index is 2.31. The van der Waals surface area contributed by atoms with Gasteiger partial charge in [0.25, 0.3) is 0 Å². The maximum Gasteiger partial charge on any atom is 0.165 e. The number of aromatic nitrogens is 2. The lowest BCUT2D eigenvalue weighted by molar-refractivity contribution is 0.700. The van der Waals surface area contributed by atoms with Crippen LogP contribution in [-0.4, -0.2) is 9.78 Å². The van der Waals surface area contributed by atoms with Crippen molar-refractivity contribution in [3.05, 3.63) is 40.4 Å². The average Bonchev–Trinajstić information content (AvgIpc) is 2.57.